The number of carboxylic acid groups (broad SMARTS) is 1. The molecule has 7 nitrogen and oxygen atoms in total. The molecule has 2 aromatic rings. The van der Waals surface area contributed by atoms with Gasteiger partial charge in [0.15, 0.2) is 0 Å². The standard InChI is InChI=1S/C23H21F3N2O5/c24-23(25,26)18(11-19(29)28-22(9-10-22)20(30)31)27-21(32)33-12-17-15-7-3-1-5-13(15)14-6-2-4-8-16(14)17/h1-8,17-18H,9-12H2,(H,27,32)(H,28,29)(H,30,31). The van der Waals surface area contributed by atoms with E-state index in [9.17, 15) is 27.6 Å². The normalized spacial score (nSPS) is 16.8. The monoisotopic (exact) mass is 462 g/mol. The van der Waals surface area contributed by atoms with Crippen LogP contribution in [-0.4, -0.2) is 47.4 Å². The van der Waals surface area contributed by atoms with Crippen LogP contribution in [0.2, 0.25) is 0 Å². The third kappa shape index (κ3) is 4.64. The lowest BCUT2D eigenvalue weighted by Gasteiger charge is -2.22. The van der Waals surface area contributed by atoms with Gasteiger partial charge in [0.25, 0.3) is 0 Å². The van der Waals surface area contributed by atoms with E-state index in [0.717, 1.165) is 22.3 Å². The van der Waals surface area contributed by atoms with Crippen molar-refractivity contribution < 1.29 is 37.4 Å². The highest BCUT2D eigenvalue weighted by molar-refractivity contribution is 5.90. The minimum atomic E-state index is -4.93. The molecule has 2 aliphatic rings. The van der Waals surface area contributed by atoms with E-state index in [0.29, 0.717) is 0 Å². The van der Waals surface area contributed by atoms with Crippen molar-refractivity contribution in [2.24, 2.45) is 0 Å². The Morgan fingerprint density at radius 2 is 1.58 bits per heavy atom. The molecule has 0 bridgehead atoms. The zero-order valence-corrected chi connectivity index (χ0v) is 17.3. The summed E-state index contributed by atoms with van der Waals surface area (Å²) in [6, 6.07) is 12.5. The van der Waals surface area contributed by atoms with E-state index in [4.69, 9.17) is 9.84 Å². The molecule has 174 valence electrons. The van der Waals surface area contributed by atoms with E-state index >= 15 is 0 Å². The number of carbonyl (C=O) groups is 3. The Balaban J connectivity index is 1.39. The molecule has 0 spiro atoms. The number of alkyl halides is 3. The number of aliphatic carboxylic acids is 1. The maximum absolute atomic E-state index is 13.4. The highest BCUT2D eigenvalue weighted by Gasteiger charge is 2.52. The summed E-state index contributed by atoms with van der Waals surface area (Å²) in [5.41, 5.74) is 2.24. The Kier molecular flexibility index (Phi) is 5.77. The Morgan fingerprint density at radius 1 is 1.03 bits per heavy atom. The van der Waals surface area contributed by atoms with Crippen LogP contribution < -0.4 is 10.6 Å². The maximum Gasteiger partial charge on any atom is 0.409 e. The van der Waals surface area contributed by atoms with Crippen molar-refractivity contribution >= 4 is 18.0 Å². The zero-order chi connectivity index (χ0) is 23.8. The van der Waals surface area contributed by atoms with Crippen LogP contribution in [0.5, 0.6) is 0 Å². The third-order valence-electron chi connectivity index (χ3n) is 5.96. The van der Waals surface area contributed by atoms with Crippen LogP contribution >= 0.6 is 0 Å². The van der Waals surface area contributed by atoms with E-state index < -0.39 is 42.1 Å². The largest absolute Gasteiger partial charge is 0.480 e. The molecule has 2 aliphatic carbocycles. The number of hydrogen-bond donors (Lipinski definition) is 3. The van der Waals surface area contributed by atoms with Crippen LogP contribution in [0.3, 0.4) is 0 Å². The van der Waals surface area contributed by atoms with Gasteiger partial charge in [0.05, 0.1) is 6.42 Å². The average molecular weight is 462 g/mol. The molecule has 0 saturated heterocycles. The van der Waals surface area contributed by atoms with E-state index in [2.05, 4.69) is 5.32 Å². The first-order valence-corrected chi connectivity index (χ1v) is 10.3. The first-order chi connectivity index (χ1) is 15.6. The van der Waals surface area contributed by atoms with Crippen LogP contribution in [0.25, 0.3) is 11.1 Å². The van der Waals surface area contributed by atoms with Crippen LogP contribution in [-0.2, 0) is 14.3 Å². The number of alkyl carbamates (subject to hydrolysis) is 1. The van der Waals surface area contributed by atoms with Crippen molar-refractivity contribution in [3.8, 4) is 11.1 Å². The zero-order valence-electron chi connectivity index (χ0n) is 17.3. The molecule has 4 rings (SSSR count). The van der Waals surface area contributed by atoms with Gasteiger partial charge < -0.3 is 20.5 Å². The summed E-state index contributed by atoms with van der Waals surface area (Å²) in [6.45, 7) is -0.182. The molecular formula is C23H21F3N2O5. The van der Waals surface area contributed by atoms with Gasteiger partial charge in [-0.2, -0.15) is 13.2 Å². The average Bonchev–Trinajstić information content (AvgIpc) is 3.47. The molecule has 3 N–H and O–H groups in total. The van der Waals surface area contributed by atoms with Gasteiger partial charge in [-0.05, 0) is 35.1 Å². The van der Waals surface area contributed by atoms with Gasteiger partial charge in [-0.15, -0.1) is 0 Å². The lowest BCUT2D eigenvalue weighted by atomic mass is 9.98. The lowest BCUT2D eigenvalue weighted by molar-refractivity contribution is -0.161. The number of fused-ring (bicyclic) bond motifs is 3. The minimum absolute atomic E-state index is 0.143. The van der Waals surface area contributed by atoms with Crippen LogP contribution in [0.15, 0.2) is 48.5 Å². The van der Waals surface area contributed by atoms with Gasteiger partial charge in [-0.1, -0.05) is 48.5 Å². The van der Waals surface area contributed by atoms with Crippen LogP contribution in [0, 0.1) is 0 Å². The van der Waals surface area contributed by atoms with Crippen LogP contribution in [0.1, 0.15) is 36.3 Å². The number of rotatable bonds is 7. The summed E-state index contributed by atoms with van der Waals surface area (Å²) in [5.74, 6) is -2.75. The minimum Gasteiger partial charge on any atom is -0.480 e. The van der Waals surface area contributed by atoms with Gasteiger partial charge >= 0.3 is 18.2 Å². The van der Waals surface area contributed by atoms with Crippen LogP contribution in [0.4, 0.5) is 18.0 Å². The summed E-state index contributed by atoms with van der Waals surface area (Å²) in [7, 11) is 0. The Morgan fingerprint density at radius 3 is 2.06 bits per heavy atom. The lowest BCUT2D eigenvalue weighted by Crippen LogP contribution is -2.51. The van der Waals surface area contributed by atoms with Crippen molar-refractivity contribution in [3.05, 3.63) is 59.7 Å². The number of amides is 2. The SMILES string of the molecule is O=C(CC(NC(=O)OCC1c2ccccc2-c2ccccc21)C(F)(F)F)NC1(C(=O)O)CC1. The van der Waals surface area contributed by atoms with Gasteiger partial charge in [0, 0.05) is 5.92 Å². The van der Waals surface area contributed by atoms with Gasteiger partial charge in [0.2, 0.25) is 5.91 Å². The fourth-order valence-electron chi connectivity index (χ4n) is 4.05. The Labute approximate surface area is 186 Å². The molecule has 0 aliphatic heterocycles. The Hall–Kier alpha value is -3.56. The van der Waals surface area contributed by atoms with E-state index in [-0.39, 0.29) is 25.4 Å². The summed E-state index contributed by atoms with van der Waals surface area (Å²) >= 11 is 0. The second-order valence-electron chi connectivity index (χ2n) is 8.20. The molecule has 1 atom stereocenters. The van der Waals surface area contributed by atoms with Crippen molar-refractivity contribution in [1.82, 2.24) is 10.6 Å². The summed E-state index contributed by atoms with van der Waals surface area (Å²) in [6.07, 6.45) is -7.10. The van der Waals surface area contributed by atoms with Crippen molar-refractivity contribution in [1.29, 1.82) is 0 Å². The topological polar surface area (TPSA) is 105 Å². The number of nitrogens with one attached hydrogen (secondary N) is 2. The fourth-order valence-corrected chi connectivity index (χ4v) is 4.05. The molecule has 0 aromatic heterocycles. The molecule has 1 unspecified atom stereocenters. The first-order valence-electron chi connectivity index (χ1n) is 10.3. The summed E-state index contributed by atoms with van der Waals surface area (Å²) in [5, 5.41) is 12.9. The predicted octanol–water partition coefficient (Wildman–Crippen LogP) is 3.58. The molecule has 10 heteroatoms. The number of ether oxygens (including phenoxy) is 1. The first kappa shape index (κ1) is 22.6. The molecular weight excluding hydrogens is 441 g/mol. The number of benzene rings is 2. The van der Waals surface area contributed by atoms with Gasteiger partial charge in [0.1, 0.15) is 18.2 Å². The maximum atomic E-state index is 13.4. The highest BCUT2D eigenvalue weighted by atomic mass is 19.4. The van der Waals surface area contributed by atoms with Gasteiger partial charge in [-0.3, -0.25) is 4.79 Å². The van der Waals surface area contributed by atoms with Crippen molar-refractivity contribution in [2.45, 2.75) is 42.9 Å². The van der Waals surface area contributed by atoms with Gasteiger partial charge in [-0.25, -0.2) is 9.59 Å². The number of hydrogen-bond acceptors (Lipinski definition) is 4. The smallest absolute Gasteiger partial charge is 0.409 e. The number of halogens is 3. The van der Waals surface area contributed by atoms with Crippen molar-refractivity contribution in [3.63, 3.8) is 0 Å². The molecule has 1 fully saturated rings. The summed E-state index contributed by atoms with van der Waals surface area (Å²) in [4.78, 5) is 35.4. The Bertz CT molecular complexity index is 1050. The molecule has 2 aromatic carbocycles. The number of carboxylic acids is 1. The fraction of sp³-hybridized carbons (Fsp3) is 0.348. The second-order valence-corrected chi connectivity index (χ2v) is 8.20. The summed E-state index contributed by atoms with van der Waals surface area (Å²) < 4.78 is 45.4. The molecule has 33 heavy (non-hydrogen) atoms. The molecule has 1 saturated carbocycles. The van der Waals surface area contributed by atoms with E-state index in [1.807, 2.05) is 48.5 Å². The second kappa shape index (κ2) is 8.42. The number of carbonyl (C=O) groups excluding carboxylic acids is 2. The molecule has 0 heterocycles. The highest BCUT2D eigenvalue weighted by Crippen LogP contribution is 2.44. The predicted molar refractivity (Wildman–Crippen MR) is 110 cm³/mol. The van der Waals surface area contributed by atoms with Crippen molar-refractivity contribution in [2.75, 3.05) is 6.61 Å². The van der Waals surface area contributed by atoms with E-state index in [1.54, 1.807) is 5.32 Å². The van der Waals surface area contributed by atoms with E-state index in [1.165, 1.54) is 0 Å². The molecule has 0 radical (unpaired) electrons. The quantitative estimate of drug-likeness (QED) is 0.584. The third-order valence-corrected chi connectivity index (χ3v) is 5.96. The molecule has 2 amide bonds.